The molecule has 0 spiro atoms. The van der Waals surface area contributed by atoms with Gasteiger partial charge in [0.2, 0.25) is 0 Å². The largest absolute Gasteiger partial charge is 0.497 e. The number of aromatic nitrogens is 2. The van der Waals surface area contributed by atoms with E-state index in [0.29, 0.717) is 24.5 Å². The van der Waals surface area contributed by atoms with E-state index in [1.807, 2.05) is 17.0 Å². The van der Waals surface area contributed by atoms with Crippen molar-refractivity contribution in [2.75, 3.05) is 38.2 Å². The van der Waals surface area contributed by atoms with Gasteiger partial charge in [-0.25, -0.2) is 9.07 Å². The highest BCUT2D eigenvalue weighted by atomic mass is 19.1. The van der Waals surface area contributed by atoms with Gasteiger partial charge >= 0.3 is 0 Å². The minimum absolute atomic E-state index is 0.0465. The molecular weight excluding hydrogens is 407 g/mol. The number of nitrogens with zero attached hydrogens (tertiary/aromatic N) is 4. The van der Waals surface area contributed by atoms with Crippen molar-refractivity contribution in [3.63, 3.8) is 0 Å². The number of fused-ring (bicyclic) bond motifs is 1. The maximum atomic E-state index is 14.4. The van der Waals surface area contributed by atoms with E-state index in [-0.39, 0.29) is 11.7 Å². The third-order valence-electron chi connectivity index (χ3n) is 6.43. The molecule has 0 bridgehead atoms. The standard InChI is InChI=1S/C25H27FN4O2/c1-32-19-12-10-18(11-13-19)28-14-5-15-29(17-16-28)25(31)24-20-6-4-9-22(20)30(27-24)23-8-3-2-7-21(23)26/h2-3,7-8,10-13H,4-6,9,14-17H2,1H3. The van der Waals surface area contributed by atoms with Crippen LogP contribution in [-0.2, 0) is 12.8 Å². The highest BCUT2D eigenvalue weighted by molar-refractivity contribution is 5.94. The van der Waals surface area contributed by atoms with Crippen molar-refractivity contribution in [1.29, 1.82) is 0 Å². The molecule has 0 unspecified atom stereocenters. The van der Waals surface area contributed by atoms with Crippen molar-refractivity contribution in [2.24, 2.45) is 0 Å². The van der Waals surface area contributed by atoms with E-state index in [2.05, 4.69) is 22.1 Å². The van der Waals surface area contributed by atoms with Gasteiger partial charge in [0.1, 0.15) is 17.3 Å². The van der Waals surface area contributed by atoms with Gasteiger partial charge in [-0.05, 0) is 62.1 Å². The zero-order valence-electron chi connectivity index (χ0n) is 18.3. The molecule has 1 aliphatic carbocycles. The van der Waals surface area contributed by atoms with Gasteiger partial charge in [0, 0.05) is 43.1 Å². The van der Waals surface area contributed by atoms with E-state index in [0.717, 1.165) is 61.5 Å². The second-order valence-corrected chi connectivity index (χ2v) is 8.32. The smallest absolute Gasteiger partial charge is 0.274 e. The van der Waals surface area contributed by atoms with Crippen molar-refractivity contribution < 1.29 is 13.9 Å². The van der Waals surface area contributed by atoms with E-state index in [1.54, 1.807) is 30.0 Å². The molecule has 32 heavy (non-hydrogen) atoms. The number of halogens is 1. The molecule has 5 rings (SSSR count). The first kappa shape index (κ1) is 20.5. The van der Waals surface area contributed by atoms with Crippen LogP contribution in [0, 0.1) is 5.82 Å². The Morgan fingerprint density at radius 2 is 1.78 bits per heavy atom. The highest BCUT2D eigenvalue weighted by Gasteiger charge is 2.31. The van der Waals surface area contributed by atoms with E-state index in [4.69, 9.17) is 4.74 Å². The molecule has 1 aromatic heterocycles. The number of anilines is 1. The Balaban J connectivity index is 1.37. The van der Waals surface area contributed by atoms with Crippen LogP contribution in [0.2, 0.25) is 0 Å². The first-order valence-electron chi connectivity index (χ1n) is 11.2. The summed E-state index contributed by atoms with van der Waals surface area (Å²) in [4.78, 5) is 17.7. The van der Waals surface area contributed by atoms with E-state index in [9.17, 15) is 9.18 Å². The van der Waals surface area contributed by atoms with Gasteiger partial charge in [0.15, 0.2) is 5.69 Å². The van der Waals surface area contributed by atoms with Crippen LogP contribution < -0.4 is 9.64 Å². The molecule has 2 aliphatic rings. The predicted molar refractivity (Wildman–Crippen MR) is 121 cm³/mol. The molecule has 1 saturated heterocycles. The lowest BCUT2D eigenvalue weighted by molar-refractivity contribution is 0.0759. The van der Waals surface area contributed by atoms with Crippen molar-refractivity contribution >= 4 is 11.6 Å². The Morgan fingerprint density at radius 3 is 2.56 bits per heavy atom. The van der Waals surface area contributed by atoms with Gasteiger partial charge in [-0.15, -0.1) is 0 Å². The molecular formula is C25H27FN4O2. The molecule has 0 atom stereocenters. The van der Waals surface area contributed by atoms with Crippen molar-refractivity contribution in [3.8, 4) is 11.4 Å². The number of benzene rings is 2. The number of carbonyl (C=O) groups excluding carboxylic acids is 1. The van der Waals surface area contributed by atoms with E-state index in [1.165, 1.54) is 6.07 Å². The van der Waals surface area contributed by atoms with Gasteiger partial charge in [0.05, 0.1) is 7.11 Å². The molecule has 2 heterocycles. The van der Waals surface area contributed by atoms with Crippen molar-refractivity contribution in [3.05, 3.63) is 71.3 Å². The Kier molecular flexibility index (Phi) is 5.55. The highest BCUT2D eigenvalue weighted by Crippen LogP contribution is 2.30. The van der Waals surface area contributed by atoms with Crippen LogP contribution in [0.5, 0.6) is 5.75 Å². The zero-order valence-corrected chi connectivity index (χ0v) is 18.3. The van der Waals surface area contributed by atoms with Crippen molar-refractivity contribution in [1.82, 2.24) is 14.7 Å². The number of hydrogen-bond donors (Lipinski definition) is 0. The van der Waals surface area contributed by atoms with Crippen LogP contribution in [0.3, 0.4) is 0 Å². The molecule has 1 amide bonds. The summed E-state index contributed by atoms with van der Waals surface area (Å²) in [5.74, 6) is 0.461. The molecule has 3 aromatic rings. The SMILES string of the molecule is COc1ccc(N2CCCN(C(=O)c3nn(-c4ccccc4F)c4c3CCC4)CC2)cc1. The van der Waals surface area contributed by atoms with Crippen LogP contribution >= 0.6 is 0 Å². The molecule has 1 fully saturated rings. The lowest BCUT2D eigenvalue weighted by Gasteiger charge is -2.23. The van der Waals surface area contributed by atoms with Crippen LogP contribution in [0.25, 0.3) is 5.69 Å². The average molecular weight is 435 g/mol. The summed E-state index contributed by atoms with van der Waals surface area (Å²) in [6.45, 7) is 2.96. The first-order valence-corrected chi connectivity index (χ1v) is 11.2. The fourth-order valence-electron chi connectivity index (χ4n) is 4.75. The number of ether oxygens (including phenoxy) is 1. The zero-order chi connectivity index (χ0) is 22.1. The lowest BCUT2D eigenvalue weighted by atomic mass is 10.2. The average Bonchev–Trinajstić information content (AvgIpc) is 3.34. The van der Waals surface area contributed by atoms with Crippen molar-refractivity contribution in [2.45, 2.75) is 25.7 Å². The number of methoxy groups -OCH3 is 1. The Morgan fingerprint density at radius 1 is 0.969 bits per heavy atom. The third kappa shape index (κ3) is 3.72. The summed E-state index contributed by atoms with van der Waals surface area (Å²) in [5.41, 5.74) is 3.97. The molecule has 1 aliphatic heterocycles. The third-order valence-corrected chi connectivity index (χ3v) is 6.43. The minimum Gasteiger partial charge on any atom is -0.497 e. The van der Waals surface area contributed by atoms with Crippen LogP contribution in [0.4, 0.5) is 10.1 Å². The number of carbonyl (C=O) groups is 1. The fourth-order valence-corrected chi connectivity index (χ4v) is 4.75. The Hall–Kier alpha value is -3.35. The second kappa shape index (κ2) is 8.65. The molecule has 7 heteroatoms. The molecule has 0 N–H and O–H groups in total. The summed E-state index contributed by atoms with van der Waals surface area (Å²) in [5, 5.41) is 4.62. The predicted octanol–water partition coefficient (Wildman–Crippen LogP) is 3.86. The number of hydrogen-bond acceptors (Lipinski definition) is 4. The van der Waals surface area contributed by atoms with Gasteiger partial charge in [-0.1, -0.05) is 12.1 Å². The first-order chi connectivity index (χ1) is 15.7. The summed E-state index contributed by atoms with van der Waals surface area (Å²) in [7, 11) is 1.66. The summed E-state index contributed by atoms with van der Waals surface area (Å²) >= 11 is 0. The molecule has 0 saturated carbocycles. The summed E-state index contributed by atoms with van der Waals surface area (Å²) in [6, 6.07) is 14.6. The van der Waals surface area contributed by atoms with E-state index < -0.39 is 0 Å². The van der Waals surface area contributed by atoms with E-state index >= 15 is 0 Å². The fraction of sp³-hybridized carbons (Fsp3) is 0.360. The second-order valence-electron chi connectivity index (χ2n) is 8.32. The van der Waals surface area contributed by atoms with Crippen LogP contribution in [0.15, 0.2) is 48.5 Å². The number of rotatable bonds is 4. The Labute approximate surface area is 187 Å². The van der Waals surface area contributed by atoms with Gasteiger partial charge < -0.3 is 14.5 Å². The molecule has 6 nitrogen and oxygen atoms in total. The maximum absolute atomic E-state index is 14.4. The quantitative estimate of drug-likeness (QED) is 0.626. The molecule has 2 aromatic carbocycles. The summed E-state index contributed by atoms with van der Waals surface area (Å²) < 4.78 is 21.3. The monoisotopic (exact) mass is 434 g/mol. The van der Waals surface area contributed by atoms with Gasteiger partial charge in [-0.2, -0.15) is 5.10 Å². The normalized spacial score (nSPS) is 16.1. The topological polar surface area (TPSA) is 50.6 Å². The Bertz CT molecular complexity index is 1130. The van der Waals surface area contributed by atoms with Gasteiger partial charge in [-0.3, -0.25) is 4.79 Å². The lowest BCUT2D eigenvalue weighted by Crippen LogP contribution is -2.36. The van der Waals surface area contributed by atoms with Crippen LogP contribution in [-0.4, -0.2) is 53.9 Å². The van der Waals surface area contributed by atoms with Crippen LogP contribution in [0.1, 0.15) is 34.6 Å². The number of amides is 1. The maximum Gasteiger partial charge on any atom is 0.274 e. The molecule has 0 radical (unpaired) electrons. The minimum atomic E-state index is -0.325. The number of para-hydroxylation sites is 1. The molecule has 166 valence electrons. The summed E-state index contributed by atoms with van der Waals surface area (Å²) in [6.07, 6.45) is 3.48. The van der Waals surface area contributed by atoms with Gasteiger partial charge in [0.25, 0.3) is 5.91 Å².